The van der Waals surface area contributed by atoms with Crippen LogP contribution in [-0.4, -0.2) is 74.4 Å². The number of hydrogen-bond acceptors (Lipinski definition) is 8. The van der Waals surface area contributed by atoms with Gasteiger partial charge in [-0.05, 0) is 5.92 Å². The van der Waals surface area contributed by atoms with Gasteiger partial charge in [-0.3, -0.25) is 14.4 Å². The summed E-state index contributed by atoms with van der Waals surface area (Å²) in [6.07, 6.45) is 3.54. The molecule has 0 radical (unpaired) electrons. The number of aromatic nitrogens is 2. The molecule has 5 atom stereocenters. The van der Waals surface area contributed by atoms with E-state index in [9.17, 15) is 24.3 Å². The molecule has 5 unspecified atom stereocenters. The van der Waals surface area contributed by atoms with Crippen LogP contribution in [0.3, 0.4) is 0 Å². The Balaban J connectivity index is 2.92. The number of nitrogens with one attached hydrogen (secondary N) is 4. The summed E-state index contributed by atoms with van der Waals surface area (Å²) in [5, 5.41) is 16.9. The van der Waals surface area contributed by atoms with Crippen molar-refractivity contribution < 1.29 is 24.3 Å². The lowest BCUT2D eigenvalue weighted by molar-refractivity contribution is -0.143. The maximum absolute atomic E-state index is 12.8. The number of carboxylic acids is 1. The van der Waals surface area contributed by atoms with Crippen molar-refractivity contribution in [2.45, 2.75) is 50.9 Å². The van der Waals surface area contributed by atoms with Crippen LogP contribution in [0.4, 0.5) is 0 Å². The number of thiol groups is 2. The first-order chi connectivity index (χ1) is 14.6. The number of carboxylic acid groups (broad SMARTS) is 1. The molecule has 11 nitrogen and oxygen atoms in total. The Labute approximate surface area is 191 Å². The number of aliphatic carboxylic acids is 1. The van der Waals surface area contributed by atoms with Crippen LogP contribution in [0.25, 0.3) is 0 Å². The highest BCUT2D eigenvalue weighted by Gasteiger charge is 2.31. The quantitative estimate of drug-likeness (QED) is 0.164. The lowest BCUT2D eigenvalue weighted by Gasteiger charge is -2.25. The molecule has 1 aromatic rings. The highest BCUT2D eigenvalue weighted by atomic mass is 32.1. The molecule has 1 heterocycles. The molecule has 0 spiro atoms. The van der Waals surface area contributed by atoms with Gasteiger partial charge in [0.05, 0.1) is 12.4 Å². The number of carbonyl (C=O) groups is 4. The van der Waals surface area contributed by atoms with Gasteiger partial charge in [-0.2, -0.15) is 25.3 Å². The zero-order valence-corrected chi connectivity index (χ0v) is 19.2. The van der Waals surface area contributed by atoms with Crippen LogP contribution in [0.2, 0.25) is 0 Å². The summed E-state index contributed by atoms with van der Waals surface area (Å²) in [6, 6.07) is -4.19. The Bertz CT molecular complexity index is 748. The van der Waals surface area contributed by atoms with E-state index < -0.39 is 47.9 Å². The standard InChI is InChI=1S/C18H30N6O5S2/c1-3-9(2)14(18(28)29)24-17(27)13(7-31)23-16(26)12(4-10-5-20-8-21-10)22-15(25)11(19)6-30/h5,8-9,11-14,30-31H,3-4,6-7,19H2,1-2H3,(H,20,21)(H,22,25)(H,23,26)(H,24,27)(H,28,29). The lowest BCUT2D eigenvalue weighted by atomic mass is 9.99. The number of hydrogen-bond donors (Lipinski definition) is 8. The van der Waals surface area contributed by atoms with Gasteiger partial charge in [-0.25, -0.2) is 9.78 Å². The molecule has 0 aliphatic rings. The molecule has 1 aromatic heterocycles. The van der Waals surface area contributed by atoms with E-state index in [0.717, 1.165) is 0 Å². The number of amides is 3. The fourth-order valence-electron chi connectivity index (χ4n) is 2.59. The van der Waals surface area contributed by atoms with E-state index >= 15 is 0 Å². The third-order valence-electron chi connectivity index (χ3n) is 4.74. The average molecular weight is 475 g/mol. The van der Waals surface area contributed by atoms with E-state index in [2.05, 4.69) is 51.2 Å². The fourth-order valence-corrected chi connectivity index (χ4v) is 3.01. The average Bonchev–Trinajstić information content (AvgIpc) is 3.26. The summed E-state index contributed by atoms with van der Waals surface area (Å²) in [4.78, 5) is 55.8. The normalized spacial score (nSPS) is 15.8. The topological polar surface area (TPSA) is 179 Å². The van der Waals surface area contributed by atoms with E-state index in [1.807, 2.05) is 6.92 Å². The second kappa shape index (κ2) is 13.2. The number of rotatable bonds is 13. The summed E-state index contributed by atoms with van der Waals surface area (Å²) < 4.78 is 0. The summed E-state index contributed by atoms with van der Waals surface area (Å²) in [5.41, 5.74) is 6.24. The SMILES string of the molecule is CCC(C)C(NC(=O)C(CS)NC(=O)C(Cc1cnc[nH]1)NC(=O)C(N)CS)C(=O)O. The highest BCUT2D eigenvalue weighted by molar-refractivity contribution is 7.80. The first kappa shape index (κ1) is 26.8. The molecule has 0 aliphatic heterocycles. The van der Waals surface area contributed by atoms with Crippen molar-refractivity contribution in [2.75, 3.05) is 11.5 Å². The van der Waals surface area contributed by atoms with Gasteiger partial charge in [0.15, 0.2) is 0 Å². The minimum Gasteiger partial charge on any atom is -0.480 e. The number of aromatic amines is 1. The van der Waals surface area contributed by atoms with Crippen LogP contribution in [0, 0.1) is 5.92 Å². The summed E-state index contributed by atoms with van der Waals surface area (Å²) >= 11 is 8.07. The Morgan fingerprint density at radius 3 is 2.19 bits per heavy atom. The number of H-pyrrole nitrogens is 1. The summed E-state index contributed by atoms with van der Waals surface area (Å²) in [7, 11) is 0. The monoisotopic (exact) mass is 474 g/mol. The third kappa shape index (κ3) is 8.42. The van der Waals surface area contributed by atoms with Gasteiger partial charge < -0.3 is 31.8 Å². The Morgan fingerprint density at radius 2 is 1.71 bits per heavy atom. The second-order valence-corrected chi connectivity index (χ2v) is 7.82. The molecule has 0 saturated heterocycles. The molecular weight excluding hydrogens is 444 g/mol. The Hall–Kier alpha value is -2.25. The van der Waals surface area contributed by atoms with Crippen molar-refractivity contribution in [2.24, 2.45) is 11.7 Å². The van der Waals surface area contributed by atoms with Crippen LogP contribution in [0.5, 0.6) is 0 Å². The Kier molecular flexibility index (Phi) is 11.4. The first-order valence-electron chi connectivity index (χ1n) is 9.72. The van der Waals surface area contributed by atoms with Crippen molar-refractivity contribution >= 4 is 48.9 Å². The molecule has 174 valence electrons. The van der Waals surface area contributed by atoms with Gasteiger partial charge in [-0.15, -0.1) is 0 Å². The summed E-state index contributed by atoms with van der Waals surface area (Å²) in [6.45, 7) is 3.51. The molecule has 0 aromatic carbocycles. The minimum atomic E-state index is -1.17. The van der Waals surface area contributed by atoms with Crippen LogP contribution < -0.4 is 21.7 Å². The zero-order chi connectivity index (χ0) is 23.6. The number of nitrogens with two attached hydrogens (primary N) is 1. The highest BCUT2D eigenvalue weighted by Crippen LogP contribution is 2.09. The molecule has 1 rings (SSSR count). The van der Waals surface area contributed by atoms with Crippen LogP contribution in [0.1, 0.15) is 26.0 Å². The largest absolute Gasteiger partial charge is 0.480 e. The van der Waals surface area contributed by atoms with E-state index in [1.54, 1.807) is 6.92 Å². The second-order valence-electron chi connectivity index (χ2n) is 7.08. The van der Waals surface area contributed by atoms with Gasteiger partial charge >= 0.3 is 5.97 Å². The molecular formula is C18H30N6O5S2. The lowest BCUT2D eigenvalue weighted by Crippen LogP contribution is -2.58. The predicted molar refractivity (Wildman–Crippen MR) is 121 cm³/mol. The molecule has 0 saturated carbocycles. The van der Waals surface area contributed by atoms with Crippen LogP contribution in [-0.2, 0) is 25.6 Å². The number of nitrogens with zero attached hydrogens (tertiary/aromatic N) is 1. The van der Waals surface area contributed by atoms with Gasteiger partial charge in [0.25, 0.3) is 0 Å². The van der Waals surface area contributed by atoms with Crippen molar-refractivity contribution in [3.05, 3.63) is 18.2 Å². The number of carbonyl (C=O) groups excluding carboxylic acids is 3. The van der Waals surface area contributed by atoms with E-state index in [4.69, 9.17) is 5.73 Å². The zero-order valence-electron chi connectivity index (χ0n) is 17.4. The number of imidazole rings is 1. The van der Waals surface area contributed by atoms with Crippen LogP contribution >= 0.6 is 25.3 Å². The molecule has 0 aliphatic carbocycles. The van der Waals surface area contributed by atoms with Gasteiger partial charge in [0.2, 0.25) is 17.7 Å². The molecule has 13 heteroatoms. The van der Waals surface area contributed by atoms with Gasteiger partial charge in [0.1, 0.15) is 18.1 Å². The molecule has 31 heavy (non-hydrogen) atoms. The smallest absolute Gasteiger partial charge is 0.326 e. The third-order valence-corrected chi connectivity index (χ3v) is 5.50. The van der Waals surface area contributed by atoms with E-state index in [0.29, 0.717) is 12.1 Å². The van der Waals surface area contributed by atoms with Crippen LogP contribution in [0.15, 0.2) is 12.5 Å². The van der Waals surface area contributed by atoms with E-state index in [-0.39, 0.29) is 23.8 Å². The van der Waals surface area contributed by atoms with Crippen molar-refractivity contribution in [1.82, 2.24) is 25.9 Å². The Morgan fingerprint density at radius 1 is 1.10 bits per heavy atom. The predicted octanol–water partition coefficient (Wildman–Crippen LogP) is -1.28. The van der Waals surface area contributed by atoms with Gasteiger partial charge in [-0.1, -0.05) is 20.3 Å². The van der Waals surface area contributed by atoms with Crippen molar-refractivity contribution in [3.63, 3.8) is 0 Å². The molecule has 3 amide bonds. The fraction of sp³-hybridized carbons (Fsp3) is 0.611. The molecule has 7 N–H and O–H groups in total. The summed E-state index contributed by atoms with van der Waals surface area (Å²) in [5.74, 6) is -3.40. The van der Waals surface area contributed by atoms with Gasteiger partial charge in [0, 0.05) is 29.8 Å². The maximum Gasteiger partial charge on any atom is 0.326 e. The molecule has 0 bridgehead atoms. The molecule has 0 fully saturated rings. The first-order valence-corrected chi connectivity index (χ1v) is 11.0. The van der Waals surface area contributed by atoms with Crippen molar-refractivity contribution in [1.29, 1.82) is 0 Å². The maximum atomic E-state index is 12.8. The minimum absolute atomic E-state index is 0.0718. The van der Waals surface area contributed by atoms with Crippen molar-refractivity contribution in [3.8, 4) is 0 Å². The van der Waals surface area contributed by atoms with E-state index in [1.165, 1.54) is 12.5 Å².